The van der Waals surface area contributed by atoms with E-state index < -0.39 is 0 Å². The largest absolute Gasteiger partial charge is 0.380 e. The van der Waals surface area contributed by atoms with Gasteiger partial charge >= 0.3 is 0 Å². The average Bonchev–Trinajstić information content (AvgIpc) is 2.09. The highest BCUT2D eigenvalue weighted by atomic mass is 16.5. The Balaban J connectivity index is 2.21. The van der Waals surface area contributed by atoms with Crippen molar-refractivity contribution in [2.75, 3.05) is 26.9 Å². The molecule has 1 rings (SSSR count). The maximum atomic E-state index is 11.3. The van der Waals surface area contributed by atoms with Crippen molar-refractivity contribution >= 4 is 5.91 Å². The molecule has 0 bridgehead atoms. The summed E-state index contributed by atoms with van der Waals surface area (Å²) < 4.78 is 9.96. The molecule has 1 heterocycles. The molecule has 0 radical (unpaired) electrons. The fraction of sp³-hybridized carbons (Fsp3) is 0.889. The lowest BCUT2D eigenvalue weighted by molar-refractivity contribution is -0.134. The number of amides is 1. The molecule has 76 valence electrons. The van der Waals surface area contributed by atoms with Crippen LogP contribution in [0.4, 0.5) is 0 Å². The van der Waals surface area contributed by atoms with E-state index in [2.05, 4.69) is 12.2 Å². The number of carbonyl (C=O) groups is 1. The van der Waals surface area contributed by atoms with Crippen molar-refractivity contribution < 1.29 is 14.3 Å². The van der Waals surface area contributed by atoms with Crippen molar-refractivity contribution in [1.82, 2.24) is 5.32 Å². The Labute approximate surface area is 78.6 Å². The normalized spacial score (nSPS) is 21.8. The summed E-state index contributed by atoms with van der Waals surface area (Å²) in [5.74, 6) is -0.0596. The minimum Gasteiger partial charge on any atom is -0.380 e. The first-order chi connectivity index (χ1) is 6.07. The molecule has 13 heavy (non-hydrogen) atoms. The summed E-state index contributed by atoms with van der Waals surface area (Å²) in [6, 6.07) is 0. The van der Waals surface area contributed by atoms with Crippen molar-refractivity contribution in [3.05, 3.63) is 0 Å². The second kappa shape index (κ2) is 4.07. The highest BCUT2D eigenvalue weighted by Crippen LogP contribution is 2.24. The number of ether oxygens (including phenoxy) is 2. The number of nitrogens with one attached hydrogen (secondary N) is 1. The fourth-order valence-corrected chi connectivity index (χ4v) is 1.10. The Morgan fingerprint density at radius 2 is 2.31 bits per heavy atom. The van der Waals surface area contributed by atoms with Crippen LogP contribution in [0.25, 0.3) is 0 Å². The van der Waals surface area contributed by atoms with Gasteiger partial charge in [-0.05, 0) is 6.92 Å². The molecular formula is C9H17NO3. The third kappa shape index (κ3) is 2.67. The number of hydrogen-bond acceptors (Lipinski definition) is 3. The third-order valence-electron chi connectivity index (χ3n) is 2.31. The van der Waals surface area contributed by atoms with Gasteiger partial charge in [0.05, 0.1) is 13.2 Å². The van der Waals surface area contributed by atoms with E-state index in [1.165, 1.54) is 7.11 Å². The molecule has 0 spiro atoms. The zero-order chi connectivity index (χ0) is 9.90. The second-order valence-electron chi connectivity index (χ2n) is 3.90. The van der Waals surface area contributed by atoms with Gasteiger partial charge in [-0.1, -0.05) is 6.92 Å². The van der Waals surface area contributed by atoms with Crippen LogP contribution < -0.4 is 5.32 Å². The molecule has 1 N–H and O–H groups in total. The SMILES string of the molecule is COC(C)C(=O)NCC1(C)COC1. The van der Waals surface area contributed by atoms with Crippen LogP contribution in [0.3, 0.4) is 0 Å². The van der Waals surface area contributed by atoms with E-state index >= 15 is 0 Å². The van der Waals surface area contributed by atoms with E-state index in [0.29, 0.717) is 6.54 Å². The van der Waals surface area contributed by atoms with Crippen LogP contribution >= 0.6 is 0 Å². The van der Waals surface area contributed by atoms with Gasteiger partial charge in [-0.2, -0.15) is 0 Å². The highest BCUT2D eigenvalue weighted by molar-refractivity contribution is 5.80. The van der Waals surface area contributed by atoms with Crippen molar-refractivity contribution in [3.63, 3.8) is 0 Å². The number of hydrogen-bond donors (Lipinski definition) is 1. The second-order valence-corrected chi connectivity index (χ2v) is 3.90. The van der Waals surface area contributed by atoms with Crippen LogP contribution in [0, 0.1) is 5.41 Å². The van der Waals surface area contributed by atoms with Gasteiger partial charge in [-0.15, -0.1) is 0 Å². The molecule has 4 heteroatoms. The molecule has 0 aromatic rings. The van der Waals surface area contributed by atoms with E-state index in [4.69, 9.17) is 9.47 Å². The van der Waals surface area contributed by atoms with Gasteiger partial charge < -0.3 is 14.8 Å². The van der Waals surface area contributed by atoms with Crippen LogP contribution in [0.15, 0.2) is 0 Å². The first kappa shape index (κ1) is 10.5. The van der Waals surface area contributed by atoms with Crippen LogP contribution in [0.2, 0.25) is 0 Å². The smallest absolute Gasteiger partial charge is 0.248 e. The summed E-state index contributed by atoms with van der Waals surface area (Å²) in [6.45, 7) is 5.95. The molecular weight excluding hydrogens is 170 g/mol. The molecule has 4 nitrogen and oxygen atoms in total. The monoisotopic (exact) mass is 187 g/mol. The summed E-state index contributed by atoms with van der Waals surface area (Å²) in [4.78, 5) is 11.3. The molecule has 1 saturated heterocycles. The molecule has 1 aliphatic rings. The van der Waals surface area contributed by atoms with Crippen LogP contribution in [0.1, 0.15) is 13.8 Å². The van der Waals surface area contributed by atoms with Crippen molar-refractivity contribution in [1.29, 1.82) is 0 Å². The molecule has 1 fully saturated rings. The maximum absolute atomic E-state index is 11.3. The molecule has 1 amide bonds. The van der Waals surface area contributed by atoms with E-state index in [1.807, 2.05) is 0 Å². The van der Waals surface area contributed by atoms with Crippen LogP contribution in [-0.4, -0.2) is 38.9 Å². The van der Waals surface area contributed by atoms with E-state index in [0.717, 1.165) is 13.2 Å². The summed E-state index contributed by atoms with van der Waals surface area (Å²) >= 11 is 0. The lowest BCUT2D eigenvalue weighted by atomic mass is 9.89. The van der Waals surface area contributed by atoms with Crippen molar-refractivity contribution in [2.45, 2.75) is 20.0 Å². The number of methoxy groups -OCH3 is 1. The van der Waals surface area contributed by atoms with Gasteiger partial charge in [0, 0.05) is 19.1 Å². The predicted molar refractivity (Wildman–Crippen MR) is 48.4 cm³/mol. The predicted octanol–water partition coefficient (Wildman–Crippen LogP) is 0.174. The first-order valence-corrected chi connectivity index (χ1v) is 4.46. The minimum atomic E-state index is -0.371. The van der Waals surface area contributed by atoms with Gasteiger partial charge in [0.1, 0.15) is 6.10 Å². The first-order valence-electron chi connectivity index (χ1n) is 4.46. The molecule has 1 atom stereocenters. The number of carbonyl (C=O) groups excluding carboxylic acids is 1. The molecule has 1 aliphatic heterocycles. The van der Waals surface area contributed by atoms with E-state index in [1.54, 1.807) is 6.92 Å². The zero-order valence-electron chi connectivity index (χ0n) is 8.42. The highest BCUT2D eigenvalue weighted by Gasteiger charge is 2.33. The Morgan fingerprint density at radius 3 is 2.69 bits per heavy atom. The van der Waals surface area contributed by atoms with Gasteiger partial charge in [0.15, 0.2) is 0 Å². The fourth-order valence-electron chi connectivity index (χ4n) is 1.10. The Bertz CT molecular complexity index is 189. The molecule has 0 aromatic heterocycles. The van der Waals surface area contributed by atoms with Crippen LogP contribution in [-0.2, 0) is 14.3 Å². The Kier molecular flexibility index (Phi) is 3.27. The Morgan fingerprint density at radius 1 is 1.69 bits per heavy atom. The van der Waals surface area contributed by atoms with Crippen LogP contribution in [0.5, 0.6) is 0 Å². The molecule has 1 unspecified atom stereocenters. The third-order valence-corrected chi connectivity index (χ3v) is 2.31. The van der Waals surface area contributed by atoms with Gasteiger partial charge in [-0.25, -0.2) is 0 Å². The Hall–Kier alpha value is -0.610. The molecule has 0 saturated carbocycles. The molecule has 0 aromatic carbocycles. The van der Waals surface area contributed by atoms with Gasteiger partial charge in [-0.3, -0.25) is 4.79 Å². The lowest BCUT2D eigenvalue weighted by Crippen LogP contribution is -2.50. The quantitative estimate of drug-likeness (QED) is 0.682. The summed E-state index contributed by atoms with van der Waals surface area (Å²) in [6.07, 6.45) is -0.371. The molecule has 0 aliphatic carbocycles. The summed E-state index contributed by atoms with van der Waals surface area (Å²) in [5.41, 5.74) is 0.128. The van der Waals surface area contributed by atoms with Crippen molar-refractivity contribution in [3.8, 4) is 0 Å². The van der Waals surface area contributed by atoms with Crippen molar-refractivity contribution in [2.24, 2.45) is 5.41 Å². The van der Waals surface area contributed by atoms with Gasteiger partial charge in [0.2, 0.25) is 5.91 Å². The lowest BCUT2D eigenvalue weighted by Gasteiger charge is -2.38. The minimum absolute atomic E-state index is 0.0596. The zero-order valence-corrected chi connectivity index (χ0v) is 8.42. The average molecular weight is 187 g/mol. The number of rotatable bonds is 4. The standard InChI is InChI=1S/C9H17NO3/c1-7(12-3)8(11)10-4-9(2)5-13-6-9/h7H,4-6H2,1-3H3,(H,10,11). The summed E-state index contributed by atoms with van der Waals surface area (Å²) in [5, 5.41) is 2.83. The van der Waals surface area contributed by atoms with E-state index in [9.17, 15) is 4.79 Å². The topological polar surface area (TPSA) is 47.6 Å². The van der Waals surface area contributed by atoms with Gasteiger partial charge in [0.25, 0.3) is 0 Å². The maximum Gasteiger partial charge on any atom is 0.248 e. The summed E-state index contributed by atoms with van der Waals surface area (Å²) in [7, 11) is 1.53. The van der Waals surface area contributed by atoms with E-state index in [-0.39, 0.29) is 17.4 Å².